The molecule has 0 bridgehead atoms. The van der Waals surface area contributed by atoms with Gasteiger partial charge in [0.15, 0.2) is 0 Å². The maximum Gasteiger partial charge on any atom is 0.229 e. The topological polar surface area (TPSA) is 49.8 Å². The van der Waals surface area contributed by atoms with Crippen LogP contribution < -0.4 is 10.6 Å². The normalized spacial score (nSPS) is 10.4. The summed E-state index contributed by atoms with van der Waals surface area (Å²) in [5, 5.41) is 7.02. The zero-order valence-corrected chi connectivity index (χ0v) is 14.7. The Balaban J connectivity index is 1.79. The lowest BCUT2D eigenvalue weighted by Crippen LogP contribution is -2.00. The summed E-state index contributed by atoms with van der Waals surface area (Å²) in [5.74, 6) is 1.18. The standard InChI is InChI=1S/C17H14BrClN4/c1-11-6-7-12(10-13(11)18)21-17-20-9-8-16(23-17)22-15-5-3-2-4-14(15)19/h2-10H,1H3,(H2,20,21,22,23). The molecule has 3 aromatic rings. The zero-order chi connectivity index (χ0) is 16.2. The highest BCUT2D eigenvalue weighted by molar-refractivity contribution is 9.10. The molecule has 1 aromatic heterocycles. The number of hydrogen-bond acceptors (Lipinski definition) is 4. The lowest BCUT2D eigenvalue weighted by Gasteiger charge is -2.10. The number of halogens is 2. The molecule has 0 radical (unpaired) electrons. The summed E-state index contributed by atoms with van der Waals surface area (Å²) in [4.78, 5) is 8.69. The van der Waals surface area contributed by atoms with Gasteiger partial charge in [-0.05, 0) is 42.8 Å². The third-order valence-electron chi connectivity index (χ3n) is 3.22. The molecule has 0 amide bonds. The van der Waals surface area contributed by atoms with Crippen LogP contribution in [0.4, 0.5) is 23.1 Å². The largest absolute Gasteiger partial charge is 0.339 e. The molecule has 2 aromatic carbocycles. The van der Waals surface area contributed by atoms with Gasteiger partial charge in [-0.1, -0.05) is 45.7 Å². The second kappa shape index (κ2) is 6.98. The Morgan fingerprint density at radius 2 is 1.87 bits per heavy atom. The van der Waals surface area contributed by atoms with E-state index < -0.39 is 0 Å². The van der Waals surface area contributed by atoms with E-state index in [2.05, 4.69) is 36.5 Å². The number of anilines is 4. The van der Waals surface area contributed by atoms with Gasteiger partial charge >= 0.3 is 0 Å². The number of hydrogen-bond donors (Lipinski definition) is 2. The van der Waals surface area contributed by atoms with Crippen LogP contribution in [0.25, 0.3) is 0 Å². The first-order chi connectivity index (χ1) is 11.1. The summed E-state index contributed by atoms with van der Waals surface area (Å²) < 4.78 is 1.04. The van der Waals surface area contributed by atoms with Crippen LogP contribution in [0.3, 0.4) is 0 Å². The lowest BCUT2D eigenvalue weighted by molar-refractivity contribution is 1.16. The van der Waals surface area contributed by atoms with Gasteiger partial charge in [-0.2, -0.15) is 4.98 Å². The minimum Gasteiger partial charge on any atom is -0.339 e. The van der Waals surface area contributed by atoms with Gasteiger partial charge in [-0.25, -0.2) is 4.98 Å². The summed E-state index contributed by atoms with van der Waals surface area (Å²) in [6.45, 7) is 2.04. The summed E-state index contributed by atoms with van der Waals surface area (Å²) in [6.07, 6.45) is 1.69. The fraction of sp³-hybridized carbons (Fsp3) is 0.0588. The number of rotatable bonds is 4. The molecule has 0 fully saturated rings. The van der Waals surface area contributed by atoms with Crippen molar-refractivity contribution in [1.29, 1.82) is 0 Å². The fourth-order valence-electron chi connectivity index (χ4n) is 1.99. The van der Waals surface area contributed by atoms with E-state index in [1.165, 1.54) is 5.56 Å². The minimum atomic E-state index is 0.512. The van der Waals surface area contributed by atoms with E-state index in [4.69, 9.17) is 11.6 Å². The Hall–Kier alpha value is -2.11. The molecule has 1 heterocycles. The number of benzene rings is 2. The molecule has 0 aliphatic heterocycles. The molecular weight excluding hydrogens is 376 g/mol. The van der Waals surface area contributed by atoms with Gasteiger partial charge in [-0.15, -0.1) is 0 Å². The first kappa shape index (κ1) is 15.8. The van der Waals surface area contributed by atoms with Crippen LogP contribution in [0.2, 0.25) is 5.02 Å². The van der Waals surface area contributed by atoms with E-state index in [1.54, 1.807) is 12.3 Å². The fourth-order valence-corrected chi connectivity index (χ4v) is 2.55. The van der Waals surface area contributed by atoms with Crippen molar-refractivity contribution in [2.45, 2.75) is 6.92 Å². The van der Waals surface area contributed by atoms with E-state index >= 15 is 0 Å². The van der Waals surface area contributed by atoms with Crippen molar-refractivity contribution in [3.8, 4) is 0 Å². The first-order valence-electron chi connectivity index (χ1n) is 6.99. The number of nitrogens with one attached hydrogen (secondary N) is 2. The molecule has 0 unspecified atom stereocenters. The predicted molar refractivity (Wildman–Crippen MR) is 98.9 cm³/mol. The molecule has 0 saturated carbocycles. The van der Waals surface area contributed by atoms with Gasteiger partial charge in [-0.3, -0.25) is 0 Å². The third kappa shape index (κ3) is 4.00. The highest BCUT2D eigenvalue weighted by Gasteiger charge is 2.04. The molecule has 0 atom stereocenters. The molecule has 0 spiro atoms. The third-order valence-corrected chi connectivity index (χ3v) is 4.40. The SMILES string of the molecule is Cc1ccc(Nc2nccc(Nc3ccccc3Cl)n2)cc1Br. The number of nitrogens with zero attached hydrogens (tertiary/aromatic N) is 2. The van der Waals surface area contributed by atoms with Crippen molar-refractivity contribution in [1.82, 2.24) is 9.97 Å². The molecule has 0 aliphatic rings. The van der Waals surface area contributed by atoms with Crippen molar-refractivity contribution in [3.63, 3.8) is 0 Å². The van der Waals surface area contributed by atoms with E-state index in [-0.39, 0.29) is 0 Å². The van der Waals surface area contributed by atoms with Gasteiger partial charge in [0.05, 0.1) is 10.7 Å². The highest BCUT2D eigenvalue weighted by Crippen LogP contribution is 2.25. The Labute approximate surface area is 148 Å². The Morgan fingerprint density at radius 3 is 2.65 bits per heavy atom. The van der Waals surface area contributed by atoms with E-state index in [0.29, 0.717) is 16.8 Å². The van der Waals surface area contributed by atoms with Crippen molar-refractivity contribution in [3.05, 3.63) is 69.8 Å². The van der Waals surface area contributed by atoms with Gasteiger partial charge in [0.25, 0.3) is 0 Å². The predicted octanol–water partition coefficient (Wildman–Crippen LogP) is 5.69. The monoisotopic (exact) mass is 388 g/mol. The molecule has 3 rings (SSSR count). The van der Waals surface area contributed by atoms with Crippen molar-refractivity contribution >= 4 is 50.7 Å². The van der Waals surface area contributed by atoms with Gasteiger partial charge < -0.3 is 10.6 Å². The Kier molecular flexibility index (Phi) is 4.79. The van der Waals surface area contributed by atoms with Crippen LogP contribution in [-0.4, -0.2) is 9.97 Å². The zero-order valence-electron chi connectivity index (χ0n) is 12.3. The Morgan fingerprint density at radius 1 is 1.04 bits per heavy atom. The second-order valence-electron chi connectivity index (χ2n) is 4.96. The maximum absolute atomic E-state index is 6.15. The second-order valence-corrected chi connectivity index (χ2v) is 6.22. The summed E-state index contributed by atoms with van der Waals surface area (Å²) in [7, 11) is 0. The summed E-state index contributed by atoms with van der Waals surface area (Å²) in [5.41, 5.74) is 2.89. The number of aryl methyl sites for hydroxylation is 1. The smallest absolute Gasteiger partial charge is 0.229 e. The average Bonchev–Trinajstić information content (AvgIpc) is 2.54. The first-order valence-corrected chi connectivity index (χ1v) is 8.17. The van der Waals surface area contributed by atoms with E-state index in [1.807, 2.05) is 49.4 Å². The Bertz CT molecular complexity index is 838. The molecule has 116 valence electrons. The van der Waals surface area contributed by atoms with Crippen LogP contribution in [0, 0.1) is 6.92 Å². The van der Waals surface area contributed by atoms with Crippen LogP contribution in [0.5, 0.6) is 0 Å². The quantitative estimate of drug-likeness (QED) is 0.602. The molecule has 4 nitrogen and oxygen atoms in total. The number of aromatic nitrogens is 2. The van der Waals surface area contributed by atoms with Crippen LogP contribution >= 0.6 is 27.5 Å². The van der Waals surface area contributed by atoms with Crippen molar-refractivity contribution < 1.29 is 0 Å². The molecule has 23 heavy (non-hydrogen) atoms. The van der Waals surface area contributed by atoms with E-state index in [0.717, 1.165) is 15.8 Å². The average molecular weight is 390 g/mol. The lowest BCUT2D eigenvalue weighted by atomic mass is 10.2. The van der Waals surface area contributed by atoms with Crippen LogP contribution in [0.1, 0.15) is 5.56 Å². The molecular formula is C17H14BrClN4. The van der Waals surface area contributed by atoms with Crippen LogP contribution in [0.15, 0.2) is 59.2 Å². The summed E-state index contributed by atoms with van der Waals surface area (Å²) in [6, 6.07) is 15.3. The van der Waals surface area contributed by atoms with Gasteiger partial charge in [0.2, 0.25) is 5.95 Å². The number of para-hydroxylation sites is 1. The molecule has 2 N–H and O–H groups in total. The summed E-state index contributed by atoms with van der Waals surface area (Å²) >= 11 is 9.67. The molecule has 0 aliphatic carbocycles. The van der Waals surface area contributed by atoms with E-state index in [9.17, 15) is 0 Å². The van der Waals surface area contributed by atoms with Crippen molar-refractivity contribution in [2.24, 2.45) is 0 Å². The maximum atomic E-state index is 6.15. The highest BCUT2D eigenvalue weighted by atomic mass is 79.9. The minimum absolute atomic E-state index is 0.512. The van der Waals surface area contributed by atoms with Crippen molar-refractivity contribution in [2.75, 3.05) is 10.6 Å². The van der Waals surface area contributed by atoms with Gasteiger partial charge in [0.1, 0.15) is 5.82 Å². The van der Waals surface area contributed by atoms with Gasteiger partial charge in [0, 0.05) is 16.4 Å². The van der Waals surface area contributed by atoms with Crippen LogP contribution in [-0.2, 0) is 0 Å². The molecule has 6 heteroatoms. The molecule has 0 saturated heterocycles.